The van der Waals surface area contributed by atoms with Crippen LogP contribution in [-0.4, -0.2) is 5.11 Å². The first-order valence-corrected chi connectivity index (χ1v) is 10.8. The molecule has 14 heavy (non-hydrogen) atoms. The zero-order chi connectivity index (χ0) is 10.8. The second-order valence-electron chi connectivity index (χ2n) is 2.80. The van der Waals surface area contributed by atoms with E-state index in [4.69, 9.17) is 17.0 Å². The maximum absolute atomic E-state index is 9.34. The molecule has 0 aromatic heterocycles. The number of phenols is 1. The van der Waals surface area contributed by atoms with E-state index in [0.29, 0.717) is 5.75 Å². The minimum atomic E-state index is -0.826. The van der Waals surface area contributed by atoms with Crippen molar-refractivity contribution < 1.29 is 26.0 Å². The van der Waals surface area contributed by atoms with Crippen molar-refractivity contribution in [3.05, 3.63) is 29.8 Å². The van der Waals surface area contributed by atoms with Crippen molar-refractivity contribution in [2.45, 2.75) is 26.2 Å². The van der Waals surface area contributed by atoms with Gasteiger partial charge in [0.1, 0.15) is 5.75 Å². The molecular formula is C10H14Cl2OZr. The SMILES string of the molecule is CCCCc1ccccc1O.[Cl][Zr][Cl]. The number of unbranched alkanes of at least 4 members (excludes halogenated alkanes) is 1. The molecule has 1 aromatic rings. The van der Waals surface area contributed by atoms with Crippen molar-refractivity contribution in [1.29, 1.82) is 0 Å². The number of aryl methyl sites for hydroxylation is 1. The van der Waals surface area contributed by atoms with Gasteiger partial charge in [-0.3, -0.25) is 0 Å². The van der Waals surface area contributed by atoms with E-state index in [9.17, 15) is 5.11 Å². The van der Waals surface area contributed by atoms with E-state index in [1.807, 2.05) is 18.2 Å². The molecule has 0 amide bonds. The molecule has 0 atom stereocenters. The van der Waals surface area contributed by atoms with Crippen molar-refractivity contribution >= 4 is 17.0 Å². The average Bonchev–Trinajstić information content (AvgIpc) is 2.18. The number of halogens is 2. The van der Waals surface area contributed by atoms with Gasteiger partial charge in [0.05, 0.1) is 0 Å². The van der Waals surface area contributed by atoms with Crippen LogP contribution in [0.5, 0.6) is 5.75 Å². The van der Waals surface area contributed by atoms with E-state index < -0.39 is 20.8 Å². The summed E-state index contributed by atoms with van der Waals surface area (Å²) in [6, 6.07) is 7.53. The van der Waals surface area contributed by atoms with Crippen LogP contribution in [0, 0.1) is 0 Å². The molecule has 0 unspecified atom stereocenters. The maximum atomic E-state index is 9.34. The molecule has 78 valence electrons. The predicted molar refractivity (Wildman–Crippen MR) is 58.4 cm³/mol. The number of hydrogen-bond acceptors (Lipinski definition) is 1. The molecule has 1 N–H and O–H groups in total. The van der Waals surface area contributed by atoms with Crippen LogP contribution in [0.4, 0.5) is 0 Å². The summed E-state index contributed by atoms with van der Waals surface area (Å²) in [6.45, 7) is 2.15. The number of rotatable bonds is 3. The van der Waals surface area contributed by atoms with Crippen LogP contribution in [0.3, 0.4) is 0 Å². The summed E-state index contributed by atoms with van der Waals surface area (Å²) >= 11 is -0.826. The second-order valence-corrected chi connectivity index (χ2v) is 6.54. The molecule has 1 rings (SSSR count). The van der Waals surface area contributed by atoms with E-state index in [2.05, 4.69) is 6.92 Å². The summed E-state index contributed by atoms with van der Waals surface area (Å²) in [7, 11) is 9.87. The summed E-state index contributed by atoms with van der Waals surface area (Å²) in [5.74, 6) is 0.431. The van der Waals surface area contributed by atoms with Crippen LogP contribution in [0.15, 0.2) is 24.3 Å². The van der Waals surface area contributed by atoms with Crippen LogP contribution >= 0.6 is 17.0 Å². The predicted octanol–water partition coefficient (Wildman–Crippen LogP) is 4.11. The Hall–Kier alpha value is 0.483. The molecule has 0 aliphatic rings. The van der Waals surface area contributed by atoms with Gasteiger partial charge in [0, 0.05) is 0 Å². The summed E-state index contributed by atoms with van der Waals surface area (Å²) in [4.78, 5) is 0. The Bertz CT molecular complexity index is 243. The van der Waals surface area contributed by atoms with Gasteiger partial charge in [-0.25, -0.2) is 0 Å². The van der Waals surface area contributed by atoms with E-state index in [1.54, 1.807) is 6.07 Å². The van der Waals surface area contributed by atoms with Crippen LogP contribution in [0.1, 0.15) is 25.3 Å². The molecule has 0 bridgehead atoms. The van der Waals surface area contributed by atoms with E-state index in [-0.39, 0.29) is 0 Å². The first kappa shape index (κ1) is 14.5. The molecule has 0 radical (unpaired) electrons. The van der Waals surface area contributed by atoms with Gasteiger partial charge in [-0.15, -0.1) is 0 Å². The van der Waals surface area contributed by atoms with Crippen LogP contribution in [-0.2, 0) is 27.3 Å². The van der Waals surface area contributed by atoms with Crippen molar-refractivity contribution in [3.8, 4) is 5.75 Å². The van der Waals surface area contributed by atoms with Crippen LogP contribution in [0.25, 0.3) is 0 Å². The van der Waals surface area contributed by atoms with Gasteiger partial charge in [-0.2, -0.15) is 0 Å². The molecule has 0 spiro atoms. The first-order valence-electron chi connectivity index (χ1n) is 4.49. The molecule has 1 aromatic carbocycles. The Balaban J connectivity index is 0.000000500. The third-order valence-electron chi connectivity index (χ3n) is 1.79. The van der Waals surface area contributed by atoms with E-state index >= 15 is 0 Å². The molecule has 0 saturated carbocycles. The van der Waals surface area contributed by atoms with Gasteiger partial charge >= 0.3 is 37.9 Å². The van der Waals surface area contributed by atoms with Crippen LogP contribution in [0.2, 0.25) is 0 Å². The quantitative estimate of drug-likeness (QED) is 0.890. The molecule has 0 saturated heterocycles. The summed E-state index contributed by atoms with van der Waals surface area (Å²) in [5.41, 5.74) is 1.06. The number of aromatic hydroxyl groups is 1. The fraction of sp³-hybridized carbons (Fsp3) is 0.400. The molecule has 0 aliphatic carbocycles. The Morgan fingerprint density at radius 3 is 2.36 bits per heavy atom. The van der Waals surface area contributed by atoms with E-state index in [1.165, 1.54) is 6.42 Å². The zero-order valence-corrected chi connectivity index (χ0v) is 12.1. The molecule has 0 aliphatic heterocycles. The van der Waals surface area contributed by atoms with Crippen molar-refractivity contribution in [2.75, 3.05) is 0 Å². The van der Waals surface area contributed by atoms with Crippen molar-refractivity contribution in [1.82, 2.24) is 0 Å². The van der Waals surface area contributed by atoms with Gasteiger partial charge in [0.2, 0.25) is 0 Å². The normalized spacial score (nSPS) is 8.79. The Morgan fingerprint density at radius 1 is 1.29 bits per heavy atom. The number of para-hydroxylation sites is 1. The Morgan fingerprint density at radius 2 is 1.86 bits per heavy atom. The topological polar surface area (TPSA) is 20.2 Å². The van der Waals surface area contributed by atoms with Gasteiger partial charge in [0.25, 0.3) is 0 Å². The standard InChI is InChI=1S/C10H14O.2ClH.Zr/c1-2-3-6-9-7-4-5-8-10(9)11;;;/h4-5,7-8,11H,2-3,6H2,1H3;2*1H;/q;;;+2/p-2. The van der Waals surface area contributed by atoms with E-state index in [0.717, 1.165) is 18.4 Å². The average molecular weight is 312 g/mol. The first-order chi connectivity index (χ1) is 6.76. The summed E-state index contributed by atoms with van der Waals surface area (Å²) in [5, 5.41) is 9.34. The zero-order valence-electron chi connectivity index (χ0n) is 8.13. The Labute approximate surface area is 104 Å². The number of hydrogen-bond donors (Lipinski definition) is 1. The minimum absolute atomic E-state index is 0.431. The molecule has 0 heterocycles. The summed E-state index contributed by atoms with van der Waals surface area (Å²) in [6.07, 6.45) is 3.31. The fourth-order valence-corrected chi connectivity index (χ4v) is 1.09. The van der Waals surface area contributed by atoms with Crippen LogP contribution < -0.4 is 0 Å². The summed E-state index contributed by atoms with van der Waals surface area (Å²) < 4.78 is 0. The molecule has 4 heteroatoms. The van der Waals surface area contributed by atoms with Gasteiger partial charge in [-0.1, -0.05) is 31.5 Å². The van der Waals surface area contributed by atoms with Crippen molar-refractivity contribution in [3.63, 3.8) is 0 Å². The Kier molecular flexibility index (Phi) is 10.4. The third kappa shape index (κ3) is 6.87. The van der Waals surface area contributed by atoms with Crippen molar-refractivity contribution in [2.24, 2.45) is 0 Å². The molecular weight excluding hydrogens is 298 g/mol. The fourth-order valence-electron chi connectivity index (χ4n) is 1.09. The van der Waals surface area contributed by atoms with Gasteiger partial charge in [0.15, 0.2) is 0 Å². The van der Waals surface area contributed by atoms with Gasteiger partial charge in [-0.05, 0) is 24.5 Å². The monoisotopic (exact) mass is 310 g/mol. The van der Waals surface area contributed by atoms with Gasteiger partial charge < -0.3 is 5.11 Å². The molecule has 1 nitrogen and oxygen atoms in total. The second kappa shape index (κ2) is 10.0. The number of phenolic OH excluding ortho intramolecular Hbond substituents is 1. The third-order valence-corrected chi connectivity index (χ3v) is 1.79. The molecule has 0 fully saturated rings. The number of benzene rings is 1.